The SMILES string of the molecule is N#CCCCC[C@@H](NC(=O)CC(c1ccccc1)(c1ccccc1)c1ccccc1)C(N)=O. The topological polar surface area (TPSA) is 96.0 Å². The van der Waals surface area contributed by atoms with Crippen LogP contribution in [0.5, 0.6) is 0 Å². The van der Waals surface area contributed by atoms with Gasteiger partial charge in [-0.1, -0.05) is 91.0 Å². The molecule has 5 nitrogen and oxygen atoms in total. The Morgan fingerprint density at radius 1 is 0.818 bits per heavy atom. The van der Waals surface area contributed by atoms with Crippen LogP contribution >= 0.6 is 0 Å². The van der Waals surface area contributed by atoms with Gasteiger partial charge in [0.25, 0.3) is 0 Å². The maximum atomic E-state index is 13.4. The van der Waals surface area contributed by atoms with Gasteiger partial charge in [-0.3, -0.25) is 9.59 Å². The van der Waals surface area contributed by atoms with Gasteiger partial charge in [-0.05, 0) is 36.0 Å². The lowest BCUT2D eigenvalue weighted by atomic mass is 9.67. The largest absolute Gasteiger partial charge is 0.368 e. The molecule has 3 rings (SSSR count). The van der Waals surface area contributed by atoms with E-state index in [1.165, 1.54) is 0 Å². The van der Waals surface area contributed by atoms with Crippen LogP contribution in [0.4, 0.5) is 0 Å². The summed E-state index contributed by atoms with van der Waals surface area (Å²) in [7, 11) is 0. The van der Waals surface area contributed by atoms with E-state index in [2.05, 4.69) is 11.4 Å². The average molecular weight is 440 g/mol. The van der Waals surface area contributed by atoms with Gasteiger partial charge in [0.15, 0.2) is 0 Å². The minimum Gasteiger partial charge on any atom is -0.368 e. The fourth-order valence-electron chi connectivity index (χ4n) is 4.30. The molecule has 33 heavy (non-hydrogen) atoms. The number of nitrogens with zero attached hydrogens (tertiary/aromatic N) is 1. The first-order valence-corrected chi connectivity index (χ1v) is 11.2. The minimum absolute atomic E-state index is 0.118. The van der Waals surface area contributed by atoms with Gasteiger partial charge in [0.2, 0.25) is 11.8 Å². The summed E-state index contributed by atoms with van der Waals surface area (Å²) >= 11 is 0. The van der Waals surface area contributed by atoms with Crippen molar-refractivity contribution in [2.75, 3.05) is 0 Å². The highest BCUT2D eigenvalue weighted by atomic mass is 16.2. The van der Waals surface area contributed by atoms with Crippen LogP contribution in [0.2, 0.25) is 0 Å². The molecule has 3 aromatic carbocycles. The summed E-state index contributed by atoms with van der Waals surface area (Å²) in [5.41, 5.74) is 7.80. The van der Waals surface area contributed by atoms with Crippen LogP contribution in [0.15, 0.2) is 91.0 Å². The van der Waals surface area contributed by atoms with Crippen LogP contribution in [0, 0.1) is 11.3 Å². The average Bonchev–Trinajstić information content (AvgIpc) is 2.86. The third-order valence-corrected chi connectivity index (χ3v) is 5.94. The summed E-state index contributed by atoms with van der Waals surface area (Å²) in [6, 6.07) is 31.2. The Labute approximate surface area is 195 Å². The van der Waals surface area contributed by atoms with Crippen LogP contribution in [-0.2, 0) is 15.0 Å². The van der Waals surface area contributed by atoms with E-state index in [1.807, 2.05) is 91.0 Å². The molecule has 1 atom stereocenters. The lowest BCUT2D eigenvalue weighted by Crippen LogP contribution is -2.46. The highest BCUT2D eigenvalue weighted by Gasteiger charge is 2.39. The Morgan fingerprint density at radius 3 is 1.67 bits per heavy atom. The van der Waals surface area contributed by atoms with Gasteiger partial charge >= 0.3 is 0 Å². The summed E-state index contributed by atoms with van der Waals surface area (Å²) in [4.78, 5) is 25.4. The van der Waals surface area contributed by atoms with Crippen LogP contribution in [-0.4, -0.2) is 17.9 Å². The molecule has 5 heteroatoms. The van der Waals surface area contributed by atoms with Gasteiger partial charge in [0.05, 0.1) is 11.5 Å². The summed E-state index contributed by atoms with van der Waals surface area (Å²) in [5.74, 6) is -0.819. The molecule has 0 aliphatic rings. The third-order valence-electron chi connectivity index (χ3n) is 5.94. The highest BCUT2D eigenvalue weighted by Crippen LogP contribution is 2.42. The summed E-state index contributed by atoms with van der Waals surface area (Å²) in [6.07, 6.45) is 2.25. The number of hydrogen-bond acceptors (Lipinski definition) is 3. The van der Waals surface area contributed by atoms with Crippen LogP contribution in [0.25, 0.3) is 0 Å². The summed E-state index contributed by atoms with van der Waals surface area (Å²) < 4.78 is 0. The van der Waals surface area contributed by atoms with E-state index in [4.69, 9.17) is 11.0 Å². The van der Waals surface area contributed by atoms with E-state index < -0.39 is 17.4 Å². The molecule has 0 saturated heterocycles. The maximum Gasteiger partial charge on any atom is 0.239 e. The molecular weight excluding hydrogens is 410 g/mol. The predicted molar refractivity (Wildman–Crippen MR) is 129 cm³/mol. The molecule has 0 unspecified atom stereocenters. The number of nitrogens with two attached hydrogens (primary N) is 1. The Bertz CT molecular complexity index is 980. The van der Waals surface area contributed by atoms with Crippen molar-refractivity contribution in [1.29, 1.82) is 5.26 Å². The van der Waals surface area contributed by atoms with Crippen molar-refractivity contribution in [3.63, 3.8) is 0 Å². The van der Waals surface area contributed by atoms with Crippen molar-refractivity contribution in [1.82, 2.24) is 5.32 Å². The number of hydrogen-bond donors (Lipinski definition) is 2. The molecule has 0 heterocycles. The fourth-order valence-corrected chi connectivity index (χ4v) is 4.30. The first-order valence-electron chi connectivity index (χ1n) is 11.2. The number of nitriles is 1. The van der Waals surface area contributed by atoms with Gasteiger partial charge in [-0.25, -0.2) is 0 Å². The standard InChI is InChI=1S/C28H29N3O2/c29-20-12-4-11-19-25(27(30)33)31-26(32)21-28(22-13-5-1-6-14-22,23-15-7-2-8-16-23)24-17-9-3-10-18-24/h1-3,5-10,13-18,25H,4,11-12,19,21H2,(H2,30,33)(H,31,32)/t25-/m1/s1. The predicted octanol–water partition coefficient (Wildman–Crippen LogP) is 4.47. The molecule has 0 saturated carbocycles. The first-order chi connectivity index (χ1) is 16.1. The van der Waals surface area contributed by atoms with Crippen LogP contribution in [0.3, 0.4) is 0 Å². The fraction of sp³-hybridized carbons (Fsp3) is 0.250. The monoisotopic (exact) mass is 439 g/mol. The van der Waals surface area contributed by atoms with E-state index >= 15 is 0 Å². The molecule has 0 fully saturated rings. The zero-order valence-corrected chi connectivity index (χ0v) is 18.6. The van der Waals surface area contributed by atoms with Gasteiger partial charge < -0.3 is 11.1 Å². The van der Waals surface area contributed by atoms with E-state index in [-0.39, 0.29) is 12.3 Å². The number of unbranched alkanes of at least 4 members (excludes halogenated alkanes) is 2. The number of amides is 2. The summed E-state index contributed by atoms with van der Waals surface area (Å²) in [5, 5.41) is 11.6. The second kappa shape index (κ2) is 11.6. The molecule has 3 aromatic rings. The smallest absolute Gasteiger partial charge is 0.239 e. The molecular formula is C28H29N3O2. The Balaban J connectivity index is 1.99. The summed E-state index contributed by atoms with van der Waals surface area (Å²) in [6.45, 7) is 0. The van der Waals surface area contributed by atoms with Crippen LogP contribution < -0.4 is 11.1 Å². The number of rotatable bonds is 11. The van der Waals surface area contributed by atoms with Crippen molar-refractivity contribution >= 4 is 11.8 Å². The van der Waals surface area contributed by atoms with E-state index in [9.17, 15) is 9.59 Å². The number of carbonyl (C=O) groups is 2. The van der Waals surface area contributed by atoms with Crippen molar-refractivity contribution in [2.24, 2.45) is 5.73 Å². The molecule has 3 N–H and O–H groups in total. The molecule has 0 aliphatic carbocycles. The Kier molecular flexibility index (Phi) is 8.37. The molecule has 0 bridgehead atoms. The molecule has 168 valence electrons. The molecule has 0 spiro atoms. The Hall–Kier alpha value is -3.91. The highest BCUT2D eigenvalue weighted by molar-refractivity contribution is 5.87. The van der Waals surface area contributed by atoms with Gasteiger partial charge in [-0.2, -0.15) is 5.26 Å². The minimum atomic E-state index is -0.767. The maximum absolute atomic E-state index is 13.4. The number of benzene rings is 3. The Morgan fingerprint density at radius 2 is 1.27 bits per heavy atom. The number of carbonyl (C=O) groups excluding carboxylic acids is 2. The van der Waals surface area contributed by atoms with Crippen molar-refractivity contribution < 1.29 is 9.59 Å². The van der Waals surface area contributed by atoms with E-state index in [0.717, 1.165) is 16.7 Å². The lowest BCUT2D eigenvalue weighted by Gasteiger charge is -2.36. The number of primary amides is 1. The van der Waals surface area contributed by atoms with E-state index in [0.29, 0.717) is 25.7 Å². The van der Waals surface area contributed by atoms with Crippen LogP contribution in [0.1, 0.15) is 48.8 Å². The van der Waals surface area contributed by atoms with Gasteiger partial charge in [-0.15, -0.1) is 0 Å². The third kappa shape index (κ3) is 5.87. The molecule has 2 amide bonds. The number of nitrogens with one attached hydrogen (secondary N) is 1. The second-order valence-corrected chi connectivity index (χ2v) is 8.11. The van der Waals surface area contributed by atoms with Crippen molar-refractivity contribution in [3.05, 3.63) is 108 Å². The van der Waals surface area contributed by atoms with Gasteiger partial charge in [0.1, 0.15) is 6.04 Å². The van der Waals surface area contributed by atoms with Gasteiger partial charge in [0, 0.05) is 12.8 Å². The molecule has 0 aliphatic heterocycles. The molecule has 0 radical (unpaired) electrons. The van der Waals surface area contributed by atoms with Crippen molar-refractivity contribution in [3.8, 4) is 6.07 Å². The normalized spacial score (nSPS) is 11.8. The zero-order valence-electron chi connectivity index (χ0n) is 18.6. The lowest BCUT2D eigenvalue weighted by molar-refractivity contribution is -0.128. The quantitative estimate of drug-likeness (QED) is 0.341. The zero-order chi connectivity index (χ0) is 23.5. The second-order valence-electron chi connectivity index (χ2n) is 8.11. The van der Waals surface area contributed by atoms with Crippen molar-refractivity contribution in [2.45, 2.75) is 43.6 Å². The molecule has 0 aromatic heterocycles. The first kappa shape index (κ1) is 23.7. The van der Waals surface area contributed by atoms with E-state index in [1.54, 1.807) is 0 Å².